The molecule has 2 unspecified atom stereocenters. The van der Waals surface area contributed by atoms with Crippen LogP contribution in [0.2, 0.25) is 0 Å². The van der Waals surface area contributed by atoms with Crippen LogP contribution >= 0.6 is 12.4 Å². The highest BCUT2D eigenvalue weighted by Crippen LogP contribution is 2.29. The Morgan fingerprint density at radius 2 is 1.82 bits per heavy atom. The molecule has 0 saturated carbocycles. The number of sulfonamides is 1. The smallest absolute Gasteiger partial charge is 0.232 e. The fourth-order valence-electron chi connectivity index (χ4n) is 2.48. The third-order valence-electron chi connectivity index (χ3n) is 4.25. The van der Waals surface area contributed by atoms with Crippen LogP contribution in [-0.4, -0.2) is 27.2 Å². The molecule has 0 radical (unpaired) electrons. The fourth-order valence-corrected chi connectivity index (χ4v) is 3.12. The Hall–Kier alpha value is -2.29. The van der Waals surface area contributed by atoms with Crippen LogP contribution in [0.4, 0.5) is 11.4 Å². The van der Waals surface area contributed by atoms with E-state index >= 15 is 0 Å². The van der Waals surface area contributed by atoms with Crippen molar-refractivity contribution in [3.8, 4) is 5.75 Å². The van der Waals surface area contributed by atoms with Crippen LogP contribution < -0.4 is 20.5 Å². The van der Waals surface area contributed by atoms with Gasteiger partial charge in [0.2, 0.25) is 15.9 Å². The maximum atomic E-state index is 12.5. The molecule has 7 nitrogen and oxygen atoms in total. The third-order valence-corrected chi connectivity index (χ3v) is 5.54. The van der Waals surface area contributed by atoms with E-state index < -0.39 is 22.0 Å². The highest BCUT2D eigenvalue weighted by atomic mass is 35.5. The highest BCUT2D eigenvalue weighted by Gasteiger charge is 2.22. The number of benzene rings is 2. The molecule has 0 saturated heterocycles. The van der Waals surface area contributed by atoms with Gasteiger partial charge in [0.15, 0.2) is 0 Å². The van der Waals surface area contributed by atoms with Crippen molar-refractivity contribution in [2.45, 2.75) is 19.9 Å². The quantitative estimate of drug-likeness (QED) is 0.599. The summed E-state index contributed by atoms with van der Waals surface area (Å²) in [6, 6.07) is 13.7. The molecule has 28 heavy (non-hydrogen) atoms. The standard InChI is InChI=1S/C19H25N3O4S.ClH/c1-4-27(24,25)22-16-11-10-15(12-17(16)26-3)21-19(23)13(2)18(20)14-8-6-5-7-9-14;/h5-13,18,22H,4,20H2,1-3H3,(H,21,23);1H. The van der Waals surface area contributed by atoms with Gasteiger partial charge in [-0.15, -0.1) is 12.4 Å². The van der Waals surface area contributed by atoms with Crippen molar-refractivity contribution in [2.75, 3.05) is 22.9 Å². The number of carbonyl (C=O) groups is 1. The minimum Gasteiger partial charge on any atom is -0.494 e. The topological polar surface area (TPSA) is 111 Å². The zero-order chi connectivity index (χ0) is 20.0. The summed E-state index contributed by atoms with van der Waals surface area (Å²) in [5.41, 5.74) is 7.87. The second kappa shape index (κ2) is 10.3. The molecule has 0 heterocycles. The van der Waals surface area contributed by atoms with Gasteiger partial charge in [-0.2, -0.15) is 0 Å². The Morgan fingerprint density at radius 1 is 1.18 bits per heavy atom. The van der Waals surface area contributed by atoms with E-state index in [2.05, 4.69) is 10.0 Å². The first-order valence-corrected chi connectivity index (χ1v) is 10.2. The summed E-state index contributed by atoms with van der Waals surface area (Å²) in [5.74, 6) is -0.444. The molecule has 2 aromatic rings. The van der Waals surface area contributed by atoms with Gasteiger partial charge in [0, 0.05) is 17.8 Å². The van der Waals surface area contributed by atoms with E-state index in [1.165, 1.54) is 7.11 Å². The van der Waals surface area contributed by atoms with Gasteiger partial charge in [-0.25, -0.2) is 8.42 Å². The van der Waals surface area contributed by atoms with E-state index in [1.54, 1.807) is 32.0 Å². The molecule has 0 aromatic heterocycles. The molecular weight excluding hydrogens is 402 g/mol. The van der Waals surface area contributed by atoms with Crippen LogP contribution in [0.25, 0.3) is 0 Å². The largest absolute Gasteiger partial charge is 0.494 e. The molecule has 9 heteroatoms. The van der Waals surface area contributed by atoms with Crippen LogP contribution in [0.15, 0.2) is 48.5 Å². The van der Waals surface area contributed by atoms with Gasteiger partial charge >= 0.3 is 0 Å². The number of rotatable bonds is 8. The van der Waals surface area contributed by atoms with Gasteiger partial charge in [-0.3, -0.25) is 9.52 Å². The zero-order valence-corrected chi connectivity index (χ0v) is 17.6. The molecule has 154 valence electrons. The average Bonchev–Trinajstić information content (AvgIpc) is 2.68. The van der Waals surface area contributed by atoms with Gasteiger partial charge in [0.1, 0.15) is 5.75 Å². The minimum absolute atomic E-state index is 0. The second-order valence-electron chi connectivity index (χ2n) is 6.13. The SMILES string of the molecule is CCS(=O)(=O)Nc1ccc(NC(=O)C(C)C(N)c2ccccc2)cc1OC.Cl. The Labute approximate surface area is 172 Å². The molecule has 0 bridgehead atoms. The molecule has 0 aliphatic heterocycles. The van der Waals surface area contributed by atoms with Gasteiger partial charge in [0.25, 0.3) is 0 Å². The van der Waals surface area contributed by atoms with Crippen molar-refractivity contribution in [2.24, 2.45) is 11.7 Å². The van der Waals surface area contributed by atoms with E-state index in [-0.39, 0.29) is 24.1 Å². The lowest BCUT2D eigenvalue weighted by molar-refractivity contribution is -0.120. The first-order chi connectivity index (χ1) is 12.8. The number of nitrogens with two attached hydrogens (primary N) is 1. The number of ether oxygens (including phenoxy) is 1. The number of anilines is 2. The molecular formula is C19H26ClN3O4S. The van der Waals surface area contributed by atoms with Gasteiger partial charge in [-0.1, -0.05) is 37.3 Å². The molecule has 2 rings (SSSR count). The van der Waals surface area contributed by atoms with Crippen LogP contribution in [0.1, 0.15) is 25.5 Å². The summed E-state index contributed by atoms with van der Waals surface area (Å²) in [4.78, 5) is 12.5. The summed E-state index contributed by atoms with van der Waals surface area (Å²) in [5, 5.41) is 2.79. The lowest BCUT2D eigenvalue weighted by Crippen LogP contribution is -2.30. The molecule has 4 N–H and O–H groups in total. The van der Waals surface area contributed by atoms with Crippen molar-refractivity contribution in [1.29, 1.82) is 0 Å². The molecule has 0 aliphatic carbocycles. The van der Waals surface area contributed by atoms with Crippen LogP contribution in [0, 0.1) is 5.92 Å². The lowest BCUT2D eigenvalue weighted by atomic mass is 9.94. The Balaban J connectivity index is 0.00000392. The zero-order valence-electron chi connectivity index (χ0n) is 16.0. The summed E-state index contributed by atoms with van der Waals surface area (Å²) < 4.78 is 31.2. The van der Waals surface area contributed by atoms with Gasteiger partial charge in [0.05, 0.1) is 24.5 Å². The summed E-state index contributed by atoms with van der Waals surface area (Å²) >= 11 is 0. The van der Waals surface area contributed by atoms with Crippen molar-refractivity contribution >= 4 is 39.7 Å². The van der Waals surface area contributed by atoms with Gasteiger partial charge in [-0.05, 0) is 24.6 Å². The number of carbonyl (C=O) groups excluding carboxylic acids is 1. The Morgan fingerprint density at radius 3 is 2.39 bits per heavy atom. The molecule has 0 spiro atoms. The van der Waals surface area contributed by atoms with Crippen molar-refractivity contribution in [1.82, 2.24) is 0 Å². The molecule has 2 atom stereocenters. The van der Waals surface area contributed by atoms with Crippen molar-refractivity contribution in [3.05, 3.63) is 54.1 Å². The van der Waals surface area contributed by atoms with Crippen LogP contribution in [0.5, 0.6) is 5.75 Å². The van der Waals surface area contributed by atoms with Crippen LogP contribution in [0.3, 0.4) is 0 Å². The normalized spacial score (nSPS) is 13.0. The minimum atomic E-state index is -3.43. The number of hydrogen-bond acceptors (Lipinski definition) is 5. The predicted octanol–water partition coefficient (Wildman–Crippen LogP) is 3.15. The Bertz CT molecular complexity index is 891. The first kappa shape index (κ1) is 23.7. The van der Waals surface area contributed by atoms with E-state index in [0.29, 0.717) is 17.1 Å². The van der Waals surface area contributed by atoms with E-state index in [4.69, 9.17) is 10.5 Å². The number of nitrogens with one attached hydrogen (secondary N) is 2. The number of hydrogen-bond donors (Lipinski definition) is 3. The van der Waals surface area contributed by atoms with Crippen LogP contribution in [-0.2, 0) is 14.8 Å². The summed E-state index contributed by atoms with van der Waals surface area (Å²) in [6.45, 7) is 3.30. The lowest BCUT2D eigenvalue weighted by Gasteiger charge is -2.20. The van der Waals surface area contributed by atoms with E-state index in [1.807, 2.05) is 30.3 Å². The summed E-state index contributed by atoms with van der Waals surface area (Å²) in [7, 11) is -2.00. The number of amides is 1. The first-order valence-electron chi connectivity index (χ1n) is 8.57. The molecule has 0 aliphatic rings. The fraction of sp³-hybridized carbons (Fsp3) is 0.316. The molecule has 1 amide bonds. The number of halogens is 1. The number of methoxy groups -OCH3 is 1. The highest BCUT2D eigenvalue weighted by molar-refractivity contribution is 7.92. The predicted molar refractivity (Wildman–Crippen MR) is 114 cm³/mol. The van der Waals surface area contributed by atoms with Crippen molar-refractivity contribution < 1.29 is 17.9 Å². The molecule has 0 fully saturated rings. The summed E-state index contributed by atoms with van der Waals surface area (Å²) in [6.07, 6.45) is 0. The Kier molecular flexibility index (Phi) is 8.74. The van der Waals surface area contributed by atoms with E-state index in [0.717, 1.165) is 5.56 Å². The second-order valence-corrected chi connectivity index (χ2v) is 8.15. The van der Waals surface area contributed by atoms with E-state index in [9.17, 15) is 13.2 Å². The monoisotopic (exact) mass is 427 g/mol. The maximum absolute atomic E-state index is 12.5. The average molecular weight is 428 g/mol. The maximum Gasteiger partial charge on any atom is 0.232 e. The molecule has 2 aromatic carbocycles. The van der Waals surface area contributed by atoms with Crippen molar-refractivity contribution in [3.63, 3.8) is 0 Å². The third kappa shape index (κ3) is 6.12. The van der Waals surface area contributed by atoms with Gasteiger partial charge < -0.3 is 15.8 Å².